The summed E-state index contributed by atoms with van der Waals surface area (Å²) in [6.07, 6.45) is -0.0924. The first-order valence-corrected chi connectivity index (χ1v) is 5.04. The largest absolute Gasteiger partial charge is 0.468 e. The first kappa shape index (κ1) is 13.4. The summed E-state index contributed by atoms with van der Waals surface area (Å²) >= 11 is 5.69. The highest BCUT2D eigenvalue weighted by atomic mass is 35.5. The number of benzene rings is 1. The number of hydrogen-bond acceptors (Lipinski definition) is 4. The molecule has 0 N–H and O–H groups in total. The van der Waals surface area contributed by atoms with Crippen molar-refractivity contribution in [3.8, 4) is 0 Å². The van der Waals surface area contributed by atoms with Gasteiger partial charge in [0.25, 0.3) is 5.69 Å². The van der Waals surface area contributed by atoms with Gasteiger partial charge in [0.05, 0.1) is 18.1 Å². The zero-order chi connectivity index (χ0) is 13.0. The lowest BCUT2D eigenvalue weighted by molar-refractivity contribution is -0.385. The van der Waals surface area contributed by atoms with E-state index in [1.807, 2.05) is 0 Å². The molecule has 5 nitrogen and oxygen atoms in total. The first-order chi connectivity index (χ1) is 7.95. The van der Waals surface area contributed by atoms with Crippen molar-refractivity contribution < 1.29 is 18.8 Å². The van der Waals surface area contributed by atoms with Gasteiger partial charge in [0.15, 0.2) is 0 Å². The minimum absolute atomic E-state index is 0.0924. The van der Waals surface area contributed by atoms with Crippen molar-refractivity contribution in [1.29, 1.82) is 0 Å². The monoisotopic (exact) mass is 261 g/mol. The van der Waals surface area contributed by atoms with Gasteiger partial charge in [-0.3, -0.25) is 14.9 Å². The van der Waals surface area contributed by atoms with Crippen molar-refractivity contribution in [2.24, 2.45) is 0 Å². The van der Waals surface area contributed by atoms with Crippen molar-refractivity contribution in [3.63, 3.8) is 0 Å². The van der Waals surface area contributed by atoms with Crippen molar-refractivity contribution in [3.05, 3.63) is 39.7 Å². The Balaban J connectivity index is 2.98. The van der Waals surface area contributed by atoms with E-state index in [4.69, 9.17) is 11.6 Å². The zero-order valence-electron chi connectivity index (χ0n) is 8.85. The minimum atomic E-state index is -1.04. The molecule has 17 heavy (non-hydrogen) atoms. The molecule has 0 aliphatic heterocycles. The number of alkyl halides is 1. The molecule has 1 aromatic rings. The van der Waals surface area contributed by atoms with E-state index < -0.39 is 27.8 Å². The number of esters is 1. The van der Waals surface area contributed by atoms with Crippen LogP contribution in [0.3, 0.4) is 0 Å². The fraction of sp³-hybridized carbons (Fsp3) is 0.300. The molecule has 0 bridgehead atoms. The van der Waals surface area contributed by atoms with Crippen LogP contribution in [0.2, 0.25) is 0 Å². The molecule has 7 heteroatoms. The fourth-order valence-electron chi connectivity index (χ4n) is 1.28. The van der Waals surface area contributed by atoms with Crippen LogP contribution in [0.1, 0.15) is 5.56 Å². The van der Waals surface area contributed by atoms with Gasteiger partial charge >= 0.3 is 5.97 Å². The van der Waals surface area contributed by atoms with Crippen LogP contribution in [0, 0.1) is 15.9 Å². The van der Waals surface area contributed by atoms with Gasteiger partial charge in [-0.25, -0.2) is 4.39 Å². The summed E-state index contributed by atoms with van der Waals surface area (Å²) < 4.78 is 17.2. The molecule has 1 aromatic carbocycles. The topological polar surface area (TPSA) is 69.4 Å². The van der Waals surface area contributed by atoms with E-state index in [0.29, 0.717) is 0 Å². The first-order valence-electron chi connectivity index (χ1n) is 4.60. The number of nitro groups is 1. The highest BCUT2D eigenvalue weighted by molar-refractivity contribution is 6.30. The molecule has 0 aliphatic rings. The quantitative estimate of drug-likeness (QED) is 0.360. The molecule has 0 saturated carbocycles. The van der Waals surface area contributed by atoms with Gasteiger partial charge in [-0.1, -0.05) is 0 Å². The average Bonchev–Trinajstić information content (AvgIpc) is 2.29. The lowest BCUT2D eigenvalue weighted by atomic mass is 10.1. The molecule has 1 unspecified atom stereocenters. The molecule has 1 rings (SSSR count). The Morgan fingerprint density at radius 3 is 2.82 bits per heavy atom. The summed E-state index contributed by atoms with van der Waals surface area (Å²) in [5.41, 5.74) is -0.221. The molecule has 0 radical (unpaired) electrons. The Bertz CT molecular complexity index is 452. The van der Waals surface area contributed by atoms with E-state index in [-0.39, 0.29) is 12.0 Å². The second kappa shape index (κ2) is 5.58. The lowest BCUT2D eigenvalue weighted by Gasteiger charge is -2.07. The van der Waals surface area contributed by atoms with Crippen LogP contribution >= 0.6 is 11.6 Å². The number of nitro benzene ring substituents is 1. The maximum absolute atomic E-state index is 12.8. The second-order valence-electron chi connectivity index (χ2n) is 3.22. The molecular weight excluding hydrogens is 253 g/mol. The zero-order valence-corrected chi connectivity index (χ0v) is 9.61. The molecule has 0 heterocycles. The van der Waals surface area contributed by atoms with Crippen LogP contribution in [0.5, 0.6) is 0 Å². The van der Waals surface area contributed by atoms with Gasteiger partial charge < -0.3 is 4.74 Å². The van der Waals surface area contributed by atoms with E-state index in [2.05, 4.69) is 4.74 Å². The predicted molar refractivity (Wildman–Crippen MR) is 58.4 cm³/mol. The minimum Gasteiger partial charge on any atom is -0.468 e. The summed E-state index contributed by atoms with van der Waals surface area (Å²) in [5.74, 6) is -1.41. The Morgan fingerprint density at radius 1 is 1.65 bits per heavy atom. The third kappa shape index (κ3) is 3.39. The van der Waals surface area contributed by atoms with Crippen LogP contribution in [0.15, 0.2) is 18.2 Å². The SMILES string of the molecule is COC(=O)C(Cl)Cc1ccc(F)cc1[N+](=O)[O-]. The molecular formula is C10H9ClFNO4. The van der Waals surface area contributed by atoms with Gasteiger partial charge in [0.1, 0.15) is 11.2 Å². The van der Waals surface area contributed by atoms with Gasteiger partial charge in [0, 0.05) is 12.0 Å². The Hall–Kier alpha value is -1.69. The molecule has 92 valence electrons. The lowest BCUT2D eigenvalue weighted by Crippen LogP contribution is -2.19. The third-order valence-corrected chi connectivity index (χ3v) is 2.43. The van der Waals surface area contributed by atoms with E-state index in [1.54, 1.807) is 0 Å². The molecule has 0 aromatic heterocycles. The number of carbonyl (C=O) groups is 1. The van der Waals surface area contributed by atoms with Crippen LogP contribution in [-0.4, -0.2) is 23.4 Å². The third-order valence-electron chi connectivity index (χ3n) is 2.10. The number of halogens is 2. The normalized spacial score (nSPS) is 11.9. The van der Waals surface area contributed by atoms with Crippen molar-refractivity contribution in [2.75, 3.05) is 7.11 Å². The van der Waals surface area contributed by atoms with E-state index >= 15 is 0 Å². The van der Waals surface area contributed by atoms with Gasteiger partial charge in [-0.15, -0.1) is 11.6 Å². The molecule has 0 saturated heterocycles. The molecule has 1 atom stereocenters. The Labute approximate surface area is 101 Å². The summed E-state index contributed by atoms with van der Waals surface area (Å²) in [5, 5.41) is 9.64. The van der Waals surface area contributed by atoms with Gasteiger partial charge in [0.2, 0.25) is 0 Å². The van der Waals surface area contributed by atoms with Crippen LogP contribution in [-0.2, 0) is 16.0 Å². The van der Waals surface area contributed by atoms with Crippen LogP contribution < -0.4 is 0 Å². The fourth-order valence-corrected chi connectivity index (χ4v) is 1.54. The van der Waals surface area contributed by atoms with E-state index in [0.717, 1.165) is 19.2 Å². The van der Waals surface area contributed by atoms with Gasteiger partial charge in [-0.2, -0.15) is 0 Å². The second-order valence-corrected chi connectivity index (χ2v) is 3.75. The highest BCUT2D eigenvalue weighted by Crippen LogP contribution is 2.22. The standard InChI is InChI=1S/C10H9ClFNO4/c1-17-10(14)8(11)4-6-2-3-7(12)5-9(6)13(15)16/h2-3,5,8H,4H2,1H3. The maximum atomic E-state index is 12.8. The number of hydrogen-bond donors (Lipinski definition) is 0. The van der Waals surface area contributed by atoms with E-state index in [9.17, 15) is 19.3 Å². The summed E-state index contributed by atoms with van der Waals surface area (Å²) in [4.78, 5) is 21.0. The van der Waals surface area contributed by atoms with Crippen LogP contribution in [0.25, 0.3) is 0 Å². The molecule has 0 amide bonds. The summed E-state index contributed by atoms with van der Waals surface area (Å²) in [6, 6.07) is 3.09. The number of carbonyl (C=O) groups excluding carboxylic acids is 1. The van der Waals surface area contributed by atoms with Crippen molar-refractivity contribution >= 4 is 23.3 Å². The maximum Gasteiger partial charge on any atom is 0.324 e. The van der Waals surface area contributed by atoms with Gasteiger partial charge in [-0.05, 0) is 12.1 Å². The smallest absolute Gasteiger partial charge is 0.324 e. The number of rotatable bonds is 4. The molecule has 0 aliphatic carbocycles. The summed E-state index contributed by atoms with van der Waals surface area (Å²) in [6.45, 7) is 0. The Kier molecular flexibility index (Phi) is 4.39. The number of ether oxygens (including phenoxy) is 1. The van der Waals surface area contributed by atoms with Crippen molar-refractivity contribution in [2.45, 2.75) is 11.8 Å². The summed E-state index contributed by atoms with van der Waals surface area (Å²) in [7, 11) is 1.16. The predicted octanol–water partition coefficient (Wildman–Crippen LogP) is 2.06. The highest BCUT2D eigenvalue weighted by Gasteiger charge is 2.22. The number of methoxy groups -OCH3 is 1. The average molecular weight is 262 g/mol. The molecule has 0 fully saturated rings. The van der Waals surface area contributed by atoms with Crippen LogP contribution in [0.4, 0.5) is 10.1 Å². The van der Waals surface area contributed by atoms with E-state index in [1.165, 1.54) is 6.07 Å². The number of nitrogens with zero attached hydrogens (tertiary/aromatic N) is 1. The Morgan fingerprint density at radius 2 is 2.29 bits per heavy atom. The van der Waals surface area contributed by atoms with Crippen molar-refractivity contribution in [1.82, 2.24) is 0 Å². The molecule has 0 spiro atoms.